The first-order chi connectivity index (χ1) is 14.3. The molecule has 0 aliphatic heterocycles. The molecule has 144 valence electrons. The second kappa shape index (κ2) is 8.66. The first kappa shape index (κ1) is 18.8. The van der Waals surface area contributed by atoms with Gasteiger partial charge < -0.3 is 10.6 Å². The molecular weight excluding hydrogens is 352 g/mol. The van der Waals surface area contributed by atoms with E-state index in [1.165, 1.54) is 21.9 Å². The molecule has 0 bridgehead atoms. The van der Waals surface area contributed by atoms with E-state index in [9.17, 15) is 0 Å². The zero-order chi connectivity index (χ0) is 20.1. The number of hydrogen-bond donors (Lipinski definition) is 2. The minimum atomic E-state index is 1.03. The van der Waals surface area contributed by atoms with Crippen molar-refractivity contribution in [3.63, 3.8) is 0 Å². The van der Waals surface area contributed by atoms with Crippen LogP contribution in [0.3, 0.4) is 0 Å². The molecule has 0 heterocycles. The van der Waals surface area contributed by atoms with Gasteiger partial charge in [-0.15, -0.1) is 0 Å². The summed E-state index contributed by atoms with van der Waals surface area (Å²) in [6, 6.07) is 23.2. The monoisotopic (exact) mass is 378 g/mol. The predicted octanol–water partition coefficient (Wildman–Crippen LogP) is 7.73. The summed E-state index contributed by atoms with van der Waals surface area (Å²) in [4.78, 5) is 0. The van der Waals surface area contributed by atoms with Crippen LogP contribution < -0.4 is 10.6 Å². The van der Waals surface area contributed by atoms with E-state index in [4.69, 9.17) is 0 Å². The first-order valence-corrected chi connectivity index (χ1v) is 10.1. The van der Waals surface area contributed by atoms with Gasteiger partial charge in [-0.25, -0.2) is 0 Å². The van der Waals surface area contributed by atoms with Gasteiger partial charge in [0.1, 0.15) is 0 Å². The lowest BCUT2D eigenvalue weighted by Crippen LogP contribution is -2.07. The van der Waals surface area contributed by atoms with Gasteiger partial charge in [-0.3, -0.25) is 0 Å². The third kappa shape index (κ3) is 4.17. The Morgan fingerprint density at radius 3 is 2.48 bits per heavy atom. The minimum Gasteiger partial charge on any atom is -0.355 e. The zero-order valence-corrected chi connectivity index (χ0v) is 16.8. The van der Waals surface area contributed by atoms with Crippen LogP contribution in [0.4, 0.5) is 17.1 Å². The van der Waals surface area contributed by atoms with E-state index >= 15 is 0 Å². The maximum absolute atomic E-state index is 3.99. The molecule has 4 rings (SSSR count). The summed E-state index contributed by atoms with van der Waals surface area (Å²) in [6.07, 6.45) is 10.6. The van der Waals surface area contributed by atoms with Gasteiger partial charge in [0.25, 0.3) is 0 Å². The van der Waals surface area contributed by atoms with E-state index in [1.54, 1.807) is 0 Å². The molecule has 1 aliphatic carbocycles. The van der Waals surface area contributed by atoms with Crippen LogP contribution in [-0.4, -0.2) is 0 Å². The second-order valence-corrected chi connectivity index (χ2v) is 7.16. The lowest BCUT2D eigenvalue weighted by atomic mass is 9.94. The largest absolute Gasteiger partial charge is 0.355 e. The number of fused-ring (bicyclic) bond motifs is 1. The van der Waals surface area contributed by atoms with Gasteiger partial charge in [-0.2, -0.15) is 0 Å². The van der Waals surface area contributed by atoms with Crippen molar-refractivity contribution in [2.45, 2.75) is 19.8 Å². The summed E-state index contributed by atoms with van der Waals surface area (Å²) in [5, 5.41) is 9.64. The summed E-state index contributed by atoms with van der Waals surface area (Å²) in [5.74, 6) is 0. The highest BCUT2D eigenvalue weighted by molar-refractivity contribution is 5.95. The maximum Gasteiger partial charge on any atom is 0.0463 e. The summed E-state index contributed by atoms with van der Waals surface area (Å²) >= 11 is 0. The van der Waals surface area contributed by atoms with Crippen LogP contribution in [-0.2, 0) is 0 Å². The Morgan fingerprint density at radius 1 is 0.897 bits per heavy atom. The average Bonchev–Trinajstić information content (AvgIpc) is 2.76. The van der Waals surface area contributed by atoms with Crippen molar-refractivity contribution in [1.29, 1.82) is 0 Å². The molecule has 0 atom stereocenters. The average molecular weight is 379 g/mol. The molecule has 2 N–H and O–H groups in total. The highest BCUT2D eigenvalue weighted by atomic mass is 14.9. The Balaban J connectivity index is 1.60. The first-order valence-electron chi connectivity index (χ1n) is 10.1. The molecule has 0 saturated heterocycles. The van der Waals surface area contributed by atoms with E-state index in [0.29, 0.717) is 0 Å². The molecule has 0 amide bonds. The van der Waals surface area contributed by atoms with Crippen molar-refractivity contribution in [2.24, 2.45) is 0 Å². The van der Waals surface area contributed by atoms with Crippen LogP contribution in [0.15, 0.2) is 114 Å². The van der Waals surface area contributed by atoms with Crippen LogP contribution in [0.2, 0.25) is 0 Å². The topological polar surface area (TPSA) is 24.1 Å². The van der Waals surface area contributed by atoms with E-state index in [2.05, 4.69) is 109 Å². The molecule has 0 radical (unpaired) electrons. The Labute approximate surface area is 173 Å². The van der Waals surface area contributed by atoms with Crippen LogP contribution in [0, 0.1) is 0 Å². The molecule has 3 aromatic carbocycles. The third-order valence-corrected chi connectivity index (χ3v) is 5.19. The summed E-state index contributed by atoms with van der Waals surface area (Å²) in [5.41, 5.74) is 6.89. The lowest BCUT2D eigenvalue weighted by molar-refractivity contribution is 0.959. The SMILES string of the molecule is C=CC1=C(/C=C\C)C(Nc2cccc(Nc3cccc4ccccc34)c2)=CCC1. The summed E-state index contributed by atoms with van der Waals surface area (Å²) < 4.78 is 0. The molecule has 0 aromatic heterocycles. The van der Waals surface area contributed by atoms with Gasteiger partial charge in [0.05, 0.1) is 0 Å². The van der Waals surface area contributed by atoms with Crippen LogP contribution in [0.1, 0.15) is 19.8 Å². The van der Waals surface area contributed by atoms with Crippen LogP contribution in [0.25, 0.3) is 10.8 Å². The Hall–Kier alpha value is -3.52. The van der Waals surface area contributed by atoms with E-state index in [-0.39, 0.29) is 0 Å². The van der Waals surface area contributed by atoms with E-state index < -0.39 is 0 Å². The van der Waals surface area contributed by atoms with Gasteiger partial charge >= 0.3 is 0 Å². The minimum absolute atomic E-state index is 1.03. The Morgan fingerprint density at radius 2 is 1.66 bits per heavy atom. The molecule has 0 fully saturated rings. The number of rotatable bonds is 6. The van der Waals surface area contributed by atoms with Crippen molar-refractivity contribution in [2.75, 3.05) is 10.6 Å². The standard InChI is InChI=1S/C27H26N2/c1-3-10-24-20(4-2)12-7-17-26(24)28-22-14-9-15-23(19-22)29-27-18-8-13-21-11-5-6-16-25(21)27/h3-6,8-11,13-19,28-29H,2,7,12H2,1H3/b10-3-. The lowest BCUT2D eigenvalue weighted by Gasteiger charge is -2.20. The maximum atomic E-state index is 3.99. The molecule has 0 unspecified atom stereocenters. The van der Waals surface area contributed by atoms with Gasteiger partial charge in [0, 0.05) is 33.7 Å². The molecule has 2 heteroatoms. The molecule has 1 aliphatic rings. The smallest absolute Gasteiger partial charge is 0.0463 e. The highest BCUT2D eigenvalue weighted by Crippen LogP contribution is 2.30. The van der Waals surface area contributed by atoms with Gasteiger partial charge in [-0.05, 0) is 55.0 Å². The number of anilines is 3. The summed E-state index contributed by atoms with van der Waals surface area (Å²) in [7, 11) is 0. The van der Waals surface area contributed by atoms with Crippen LogP contribution >= 0.6 is 0 Å². The van der Waals surface area contributed by atoms with Crippen molar-refractivity contribution >= 4 is 27.8 Å². The van der Waals surface area contributed by atoms with Gasteiger partial charge in [0.15, 0.2) is 0 Å². The normalized spacial score (nSPS) is 14.2. The number of hydrogen-bond acceptors (Lipinski definition) is 2. The molecule has 0 saturated carbocycles. The van der Waals surface area contributed by atoms with Crippen molar-refractivity contribution in [1.82, 2.24) is 0 Å². The Kier molecular flexibility index (Phi) is 5.62. The van der Waals surface area contributed by atoms with Crippen molar-refractivity contribution in [3.05, 3.63) is 114 Å². The fourth-order valence-corrected chi connectivity index (χ4v) is 3.80. The number of nitrogens with one attached hydrogen (secondary N) is 2. The molecule has 2 nitrogen and oxygen atoms in total. The van der Waals surface area contributed by atoms with E-state index in [0.717, 1.165) is 35.6 Å². The Bertz CT molecular complexity index is 1130. The molecule has 3 aromatic rings. The number of allylic oxidation sites excluding steroid dienone is 5. The quantitative estimate of drug-likeness (QED) is 0.458. The molecular formula is C27H26N2. The van der Waals surface area contributed by atoms with E-state index in [1.807, 2.05) is 6.08 Å². The van der Waals surface area contributed by atoms with Gasteiger partial charge in [-0.1, -0.05) is 73.3 Å². The zero-order valence-electron chi connectivity index (χ0n) is 16.8. The van der Waals surface area contributed by atoms with Gasteiger partial charge in [0.2, 0.25) is 0 Å². The van der Waals surface area contributed by atoms with Crippen molar-refractivity contribution in [3.8, 4) is 0 Å². The van der Waals surface area contributed by atoms with Crippen LogP contribution in [0.5, 0.6) is 0 Å². The van der Waals surface area contributed by atoms with Crippen molar-refractivity contribution < 1.29 is 0 Å². The fourth-order valence-electron chi connectivity index (χ4n) is 3.80. The highest BCUT2D eigenvalue weighted by Gasteiger charge is 2.12. The fraction of sp³-hybridized carbons (Fsp3) is 0.111. The third-order valence-electron chi connectivity index (χ3n) is 5.19. The molecule has 0 spiro atoms. The predicted molar refractivity (Wildman–Crippen MR) is 127 cm³/mol. The number of benzene rings is 3. The summed E-state index contributed by atoms with van der Waals surface area (Å²) in [6.45, 7) is 6.04. The molecule has 29 heavy (non-hydrogen) atoms. The second-order valence-electron chi connectivity index (χ2n) is 7.16.